The molecule has 0 aromatic carbocycles. The summed E-state index contributed by atoms with van der Waals surface area (Å²) in [6.45, 7) is -0.705. The Hall–Kier alpha value is -0.200. The van der Waals surface area contributed by atoms with Gasteiger partial charge in [-0.25, -0.2) is 0 Å². The molecule has 4 N–H and O–H groups in total. The third kappa shape index (κ3) is 1.52. The molecule has 1 aliphatic rings. The van der Waals surface area contributed by atoms with Crippen molar-refractivity contribution in [3.8, 4) is 0 Å². The van der Waals surface area contributed by atoms with Crippen LogP contribution >= 0.6 is 0 Å². The number of hydrogen-bond acceptors (Lipinski definition) is 5. The zero-order chi connectivity index (χ0) is 8.43. The van der Waals surface area contributed by atoms with E-state index in [1.54, 1.807) is 0 Å². The van der Waals surface area contributed by atoms with Gasteiger partial charge in [-0.15, -0.1) is 0 Å². The van der Waals surface area contributed by atoms with Crippen LogP contribution in [0.5, 0.6) is 0 Å². The Morgan fingerprint density at radius 1 is 0.909 bits per heavy atom. The average Bonchev–Trinajstić information content (AvgIpc) is 2.30. The Kier molecular flexibility index (Phi) is 2.80. The summed E-state index contributed by atoms with van der Waals surface area (Å²) in [4.78, 5) is 0. The lowest BCUT2D eigenvalue weighted by atomic mass is 10.1. The third-order valence-corrected chi connectivity index (χ3v) is 1.82. The van der Waals surface area contributed by atoms with Crippen molar-refractivity contribution in [3.05, 3.63) is 0 Å². The maximum atomic E-state index is 9.11. The van der Waals surface area contributed by atoms with Gasteiger partial charge in [0.2, 0.25) is 0 Å². The fourth-order valence-electron chi connectivity index (χ4n) is 1.13. The van der Waals surface area contributed by atoms with Crippen molar-refractivity contribution in [2.75, 3.05) is 13.2 Å². The molecule has 0 aromatic heterocycles. The normalized spacial score (nSPS) is 44.7. The average molecular weight is 164 g/mol. The van der Waals surface area contributed by atoms with Crippen LogP contribution in [0.2, 0.25) is 0 Å². The Balaban J connectivity index is 2.53. The van der Waals surface area contributed by atoms with Crippen LogP contribution in [0.4, 0.5) is 0 Å². The first-order chi connectivity index (χ1) is 5.20. The summed E-state index contributed by atoms with van der Waals surface area (Å²) >= 11 is 0. The van der Waals surface area contributed by atoms with Crippen molar-refractivity contribution < 1.29 is 25.2 Å². The molecule has 4 atom stereocenters. The van der Waals surface area contributed by atoms with Crippen LogP contribution < -0.4 is 0 Å². The van der Waals surface area contributed by atoms with Gasteiger partial charge >= 0.3 is 0 Å². The standard InChI is InChI=1S/C6H12O5/c7-1-3-5(9)6(10)4(2-8)11-3/h3-10H,1-2H2/t3-,4+,5-,6?/m0/s1. The zero-order valence-corrected chi connectivity index (χ0v) is 5.92. The smallest absolute Gasteiger partial charge is 0.111 e. The second-order valence-electron chi connectivity index (χ2n) is 2.56. The third-order valence-electron chi connectivity index (χ3n) is 1.82. The highest BCUT2D eigenvalue weighted by Crippen LogP contribution is 2.20. The lowest BCUT2D eigenvalue weighted by molar-refractivity contribution is -0.0395. The molecule has 0 aromatic rings. The van der Waals surface area contributed by atoms with E-state index in [4.69, 9.17) is 25.2 Å². The maximum Gasteiger partial charge on any atom is 0.111 e. The lowest BCUT2D eigenvalue weighted by Crippen LogP contribution is -2.34. The van der Waals surface area contributed by atoms with Gasteiger partial charge in [0, 0.05) is 0 Å². The minimum Gasteiger partial charge on any atom is -0.394 e. The lowest BCUT2D eigenvalue weighted by Gasteiger charge is -2.10. The van der Waals surface area contributed by atoms with Crippen molar-refractivity contribution in [2.24, 2.45) is 0 Å². The molecule has 11 heavy (non-hydrogen) atoms. The number of aliphatic hydroxyl groups is 4. The van der Waals surface area contributed by atoms with Gasteiger partial charge in [0.05, 0.1) is 13.2 Å². The minimum absolute atomic E-state index is 0.352. The van der Waals surface area contributed by atoms with Crippen LogP contribution in [-0.4, -0.2) is 58.1 Å². The Morgan fingerprint density at radius 3 is 1.45 bits per heavy atom. The second kappa shape index (κ2) is 3.46. The molecule has 1 unspecified atom stereocenters. The van der Waals surface area contributed by atoms with Crippen molar-refractivity contribution in [1.29, 1.82) is 0 Å². The minimum atomic E-state index is -1.10. The number of hydrogen-bond donors (Lipinski definition) is 4. The van der Waals surface area contributed by atoms with Gasteiger partial charge in [0.15, 0.2) is 0 Å². The summed E-state index contributed by atoms with van der Waals surface area (Å²) in [7, 11) is 0. The van der Waals surface area contributed by atoms with E-state index in [0.717, 1.165) is 0 Å². The molecular formula is C6H12O5. The fraction of sp³-hybridized carbons (Fsp3) is 1.00. The summed E-state index contributed by atoms with van der Waals surface area (Å²) < 4.78 is 4.88. The van der Waals surface area contributed by atoms with Gasteiger partial charge in [-0.2, -0.15) is 0 Å². The van der Waals surface area contributed by atoms with Crippen molar-refractivity contribution >= 4 is 0 Å². The van der Waals surface area contributed by atoms with Crippen LogP contribution in [0.25, 0.3) is 0 Å². The maximum absolute atomic E-state index is 9.11. The van der Waals surface area contributed by atoms with Gasteiger partial charge in [-0.3, -0.25) is 0 Å². The molecule has 1 rings (SSSR count). The highest BCUT2D eigenvalue weighted by molar-refractivity contribution is 4.89. The highest BCUT2D eigenvalue weighted by atomic mass is 16.6. The first kappa shape index (κ1) is 8.89. The molecule has 1 saturated heterocycles. The van der Waals surface area contributed by atoms with Crippen LogP contribution in [0.1, 0.15) is 0 Å². The zero-order valence-electron chi connectivity index (χ0n) is 5.92. The first-order valence-corrected chi connectivity index (χ1v) is 3.44. The van der Waals surface area contributed by atoms with E-state index < -0.39 is 24.4 Å². The molecule has 1 aliphatic heterocycles. The van der Waals surface area contributed by atoms with Crippen LogP contribution in [0.3, 0.4) is 0 Å². The van der Waals surface area contributed by atoms with Gasteiger partial charge in [0.25, 0.3) is 0 Å². The topological polar surface area (TPSA) is 90.2 Å². The summed E-state index contributed by atoms with van der Waals surface area (Å²) in [5.41, 5.74) is 0. The van der Waals surface area contributed by atoms with Crippen LogP contribution in [0, 0.1) is 0 Å². The second-order valence-corrected chi connectivity index (χ2v) is 2.56. The molecule has 66 valence electrons. The van der Waals surface area contributed by atoms with Gasteiger partial charge < -0.3 is 25.2 Å². The van der Waals surface area contributed by atoms with E-state index in [0.29, 0.717) is 0 Å². The fourth-order valence-corrected chi connectivity index (χ4v) is 1.13. The van der Waals surface area contributed by atoms with Crippen LogP contribution in [-0.2, 0) is 4.74 Å². The van der Waals surface area contributed by atoms with Gasteiger partial charge in [0.1, 0.15) is 24.4 Å². The SMILES string of the molecule is OC[C@@H]1O[C@H](CO)C(O)[C@H]1O. The van der Waals surface area contributed by atoms with Gasteiger partial charge in [-0.1, -0.05) is 0 Å². The predicted octanol–water partition coefficient (Wildman–Crippen LogP) is -2.54. The molecular weight excluding hydrogens is 152 g/mol. The monoisotopic (exact) mass is 164 g/mol. The molecule has 0 amide bonds. The van der Waals surface area contributed by atoms with Crippen LogP contribution in [0.15, 0.2) is 0 Å². The Morgan fingerprint density at radius 2 is 1.27 bits per heavy atom. The van der Waals surface area contributed by atoms with E-state index in [9.17, 15) is 0 Å². The first-order valence-electron chi connectivity index (χ1n) is 3.44. The molecule has 5 nitrogen and oxygen atoms in total. The number of ether oxygens (including phenoxy) is 1. The summed E-state index contributed by atoms with van der Waals surface area (Å²) in [5.74, 6) is 0. The molecule has 1 fully saturated rings. The largest absolute Gasteiger partial charge is 0.394 e. The van der Waals surface area contributed by atoms with Crippen molar-refractivity contribution in [1.82, 2.24) is 0 Å². The number of aliphatic hydroxyl groups excluding tert-OH is 4. The molecule has 0 aliphatic carbocycles. The quantitative estimate of drug-likeness (QED) is 0.361. The summed E-state index contributed by atoms with van der Waals surface area (Å²) in [5, 5.41) is 35.4. The molecule has 0 saturated carbocycles. The summed E-state index contributed by atoms with van der Waals surface area (Å²) in [6, 6.07) is 0. The van der Waals surface area contributed by atoms with E-state index >= 15 is 0 Å². The predicted molar refractivity (Wildman–Crippen MR) is 34.8 cm³/mol. The highest BCUT2D eigenvalue weighted by Gasteiger charge is 2.41. The van der Waals surface area contributed by atoms with E-state index in [1.165, 1.54) is 0 Å². The van der Waals surface area contributed by atoms with Crippen molar-refractivity contribution in [2.45, 2.75) is 24.4 Å². The molecule has 0 bridgehead atoms. The van der Waals surface area contributed by atoms with Gasteiger partial charge in [-0.05, 0) is 0 Å². The van der Waals surface area contributed by atoms with E-state index in [1.807, 2.05) is 0 Å². The van der Waals surface area contributed by atoms with E-state index in [-0.39, 0.29) is 13.2 Å². The molecule has 0 radical (unpaired) electrons. The van der Waals surface area contributed by atoms with E-state index in [2.05, 4.69) is 0 Å². The molecule has 5 heteroatoms. The Bertz CT molecular complexity index is 110. The molecule has 0 spiro atoms. The number of rotatable bonds is 2. The Labute approximate surface area is 63.8 Å². The molecule has 1 heterocycles. The summed E-state index contributed by atoms with van der Waals surface area (Å²) in [6.07, 6.45) is -3.75. The van der Waals surface area contributed by atoms with Crippen molar-refractivity contribution in [3.63, 3.8) is 0 Å².